The van der Waals surface area contributed by atoms with Crippen molar-refractivity contribution in [1.29, 1.82) is 0 Å². The molecule has 106 valence electrons. The smallest absolute Gasteiger partial charge is 0.120 e. The normalized spacial score (nSPS) is 10.4. The van der Waals surface area contributed by atoms with Gasteiger partial charge in [0.1, 0.15) is 5.75 Å². The minimum absolute atomic E-state index is 0. The molecule has 0 heterocycles. The van der Waals surface area contributed by atoms with Crippen LogP contribution in [0.4, 0.5) is 0 Å². The number of nitrogens with two attached hydrogens (primary N) is 1. The molecule has 0 aromatic heterocycles. The van der Waals surface area contributed by atoms with E-state index in [0.29, 0.717) is 18.8 Å². The minimum Gasteiger partial charge on any atom is -0.508 e. The lowest BCUT2D eigenvalue weighted by Gasteiger charge is -2.20. The first-order valence-corrected chi connectivity index (χ1v) is 5.68. The van der Waals surface area contributed by atoms with Gasteiger partial charge in [-0.2, -0.15) is 0 Å². The summed E-state index contributed by atoms with van der Waals surface area (Å²) in [4.78, 5) is 0. The van der Waals surface area contributed by atoms with E-state index in [1.165, 1.54) is 5.56 Å². The van der Waals surface area contributed by atoms with Crippen LogP contribution < -0.4 is 11.1 Å². The lowest BCUT2D eigenvalue weighted by molar-refractivity contribution is 0.463. The highest BCUT2D eigenvalue weighted by molar-refractivity contribution is 5.85. The summed E-state index contributed by atoms with van der Waals surface area (Å²) < 4.78 is 0. The number of hydrogen-bond acceptors (Lipinski definition) is 3. The molecule has 0 aliphatic carbocycles. The molecule has 0 radical (unpaired) electrons. The van der Waals surface area contributed by atoms with Crippen molar-refractivity contribution in [2.75, 3.05) is 13.1 Å². The number of hydrogen-bond donors (Lipinski definition) is 3. The lowest BCUT2D eigenvalue weighted by Crippen LogP contribution is -2.22. The molecule has 4 N–H and O–H groups in total. The number of halogens is 2. The topological polar surface area (TPSA) is 58.3 Å². The summed E-state index contributed by atoms with van der Waals surface area (Å²) in [5, 5.41) is 12.9. The lowest BCUT2D eigenvalue weighted by atomic mass is 9.86. The summed E-state index contributed by atoms with van der Waals surface area (Å²) in [6.45, 7) is 8.52. The van der Waals surface area contributed by atoms with Crippen LogP contribution in [0.5, 0.6) is 5.75 Å². The van der Waals surface area contributed by atoms with E-state index in [1.54, 1.807) is 6.07 Å². The minimum atomic E-state index is 0. The SMILES string of the molecule is CC(C)(C)c1ccc(O)c(CNCCN)c1.Cl.Cl. The third-order valence-corrected chi connectivity index (χ3v) is 2.58. The summed E-state index contributed by atoms with van der Waals surface area (Å²) in [6.07, 6.45) is 0. The van der Waals surface area contributed by atoms with E-state index in [4.69, 9.17) is 5.73 Å². The fraction of sp³-hybridized carbons (Fsp3) is 0.538. The molecule has 1 rings (SSSR count). The van der Waals surface area contributed by atoms with E-state index < -0.39 is 0 Å². The molecule has 0 spiro atoms. The van der Waals surface area contributed by atoms with Gasteiger partial charge in [0.2, 0.25) is 0 Å². The molecule has 1 aromatic carbocycles. The van der Waals surface area contributed by atoms with Gasteiger partial charge < -0.3 is 16.2 Å². The van der Waals surface area contributed by atoms with Crippen LogP contribution >= 0.6 is 24.8 Å². The predicted molar refractivity (Wildman–Crippen MR) is 82.1 cm³/mol. The molecule has 0 amide bonds. The summed E-state index contributed by atoms with van der Waals surface area (Å²) in [6, 6.07) is 5.79. The maximum Gasteiger partial charge on any atom is 0.120 e. The van der Waals surface area contributed by atoms with Crippen molar-refractivity contribution in [2.45, 2.75) is 32.7 Å². The first-order valence-electron chi connectivity index (χ1n) is 5.68. The average molecular weight is 295 g/mol. The standard InChI is InChI=1S/C13H22N2O.2ClH/c1-13(2,3)11-4-5-12(16)10(8-11)9-15-7-6-14;;/h4-5,8,15-16H,6-7,9,14H2,1-3H3;2*1H. The summed E-state index contributed by atoms with van der Waals surface area (Å²) in [5.41, 5.74) is 7.68. The Morgan fingerprint density at radius 1 is 1.22 bits per heavy atom. The van der Waals surface area contributed by atoms with E-state index in [1.807, 2.05) is 6.07 Å². The first-order chi connectivity index (χ1) is 7.45. The summed E-state index contributed by atoms with van der Waals surface area (Å²) >= 11 is 0. The van der Waals surface area contributed by atoms with Crippen LogP contribution in [-0.4, -0.2) is 18.2 Å². The highest BCUT2D eigenvalue weighted by Crippen LogP contribution is 2.27. The Bertz CT molecular complexity index is 351. The number of nitrogens with one attached hydrogen (secondary N) is 1. The number of rotatable bonds is 4. The van der Waals surface area contributed by atoms with Crippen LogP contribution in [0.3, 0.4) is 0 Å². The highest BCUT2D eigenvalue weighted by Gasteiger charge is 2.15. The number of aromatic hydroxyl groups is 1. The third-order valence-electron chi connectivity index (χ3n) is 2.58. The molecule has 1 aromatic rings. The second-order valence-electron chi connectivity index (χ2n) is 5.06. The van der Waals surface area contributed by atoms with Gasteiger partial charge >= 0.3 is 0 Å². The van der Waals surface area contributed by atoms with Gasteiger partial charge in [0.15, 0.2) is 0 Å². The molecular weight excluding hydrogens is 271 g/mol. The van der Waals surface area contributed by atoms with Gasteiger partial charge in [0, 0.05) is 25.2 Å². The van der Waals surface area contributed by atoms with Gasteiger partial charge in [0.25, 0.3) is 0 Å². The highest BCUT2D eigenvalue weighted by atomic mass is 35.5. The Labute approximate surface area is 122 Å². The summed E-state index contributed by atoms with van der Waals surface area (Å²) in [5.74, 6) is 0.345. The van der Waals surface area contributed by atoms with Gasteiger partial charge in [-0.3, -0.25) is 0 Å². The molecule has 0 aliphatic rings. The van der Waals surface area contributed by atoms with Gasteiger partial charge in [-0.25, -0.2) is 0 Å². The van der Waals surface area contributed by atoms with Crippen molar-refractivity contribution in [1.82, 2.24) is 5.32 Å². The van der Waals surface area contributed by atoms with Crippen LogP contribution in [0.2, 0.25) is 0 Å². The van der Waals surface area contributed by atoms with Crippen molar-refractivity contribution in [3.05, 3.63) is 29.3 Å². The van der Waals surface area contributed by atoms with Crippen LogP contribution in [0.15, 0.2) is 18.2 Å². The molecule has 0 unspecified atom stereocenters. The van der Waals surface area contributed by atoms with Gasteiger partial charge in [-0.1, -0.05) is 32.9 Å². The molecule has 5 heteroatoms. The van der Waals surface area contributed by atoms with Gasteiger partial charge in [-0.05, 0) is 17.0 Å². The van der Waals surface area contributed by atoms with Crippen LogP contribution in [0.1, 0.15) is 31.9 Å². The fourth-order valence-corrected chi connectivity index (χ4v) is 1.52. The zero-order valence-corrected chi connectivity index (χ0v) is 12.8. The second-order valence-corrected chi connectivity index (χ2v) is 5.06. The van der Waals surface area contributed by atoms with Crippen LogP contribution in [-0.2, 0) is 12.0 Å². The van der Waals surface area contributed by atoms with Crippen molar-refractivity contribution in [3.8, 4) is 5.75 Å². The van der Waals surface area contributed by atoms with Crippen molar-refractivity contribution < 1.29 is 5.11 Å². The molecule has 0 saturated heterocycles. The third kappa shape index (κ3) is 5.91. The second kappa shape index (κ2) is 8.59. The van der Waals surface area contributed by atoms with Crippen molar-refractivity contribution in [2.24, 2.45) is 5.73 Å². The Hall–Kier alpha value is -0.480. The van der Waals surface area contributed by atoms with E-state index in [9.17, 15) is 5.11 Å². The van der Waals surface area contributed by atoms with E-state index in [0.717, 1.165) is 12.1 Å². The first kappa shape index (κ1) is 19.9. The molecule has 0 saturated carbocycles. The predicted octanol–water partition coefficient (Wildman–Crippen LogP) is 2.58. The van der Waals surface area contributed by atoms with Gasteiger partial charge in [0.05, 0.1) is 0 Å². The van der Waals surface area contributed by atoms with E-state index >= 15 is 0 Å². The molecule has 0 atom stereocenters. The van der Waals surface area contributed by atoms with Gasteiger partial charge in [-0.15, -0.1) is 24.8 Å². The van der Waals surface area contributed by atoms with E-state index in [-0.39, 0.29) is 30.2 Å². The van der Waals surface area contributed by atoms with Crippen molar-refractivity contribution >= 4 is 24.8 Å². The Morgan fingerprint density at radius 3 is 2.33 bits per heavy atom. The Morgan fingerprint density at radius 2 is 1.83 bits per heavy atom. The zero-order valence-electron chi connectivity index (χ0n) is 11.2. The monoisotopic (exact) mass is 294 g/mol. The largest absolute Gasteiger partial charge is 0.508 e. The van der Waals surface area contributed by atoms with E-state index in [2.05, 4.69) is 32.2 Å². The molecular formula is C13H24Cl2N2O. The Balaban J connectivity index is 0. The molecule has 3 nitrogen and oxygen atoms in total. The maximum absolute atomic E-state index is 9.73. The summed E-state index contributed by atoms with van der Waals surface area (Å²) in [7, 11) is 0. The fourth-order valence-electron chi connectivity index (χ4n) is 1.52. The molecule has 0 bridgehead atoms. The average Bonchev–Trinajstić information content (AvgIpc) is 2.19. The molecule has 0 aliphatic heterocycles. The number of phenols is 1. The number of benzene rings is 1. The Kier molecular flexibility index (Phi) is 9.48. The van der Waals surface area contributed by atoms with Crippen LogP contribution in [0, 0.1) is 0 Å². The maximum atomic E-state index is 9.73. The quantitative estimate of drug-likeness (QED) is 0.748. The molecule has 0 fully saturated rings. The van der Waals surface area contributed by atoms with Crippen LogP contribution in [0.25, 0.3) is 0 Å². The van der Waals surface area contributed by atoms with Crippen molar-refractivity contribution in [3.63, 3.8) is 0 Å². The zero-order chi connectivity index (χ0) is 12.2. The molecule has 18 heavy (non-hydrogen) atoms. The number of phenolic OH excluding ortho intramolecular Hbond substituents is 1.